The second kappa shape index (κ2) is 16.6. The topological polar surface area (TPSA) is 39.4 Å². The molecule has 3 nitrogen and oxygen atoms in total. The van der Waals surface area contributed by atoms with Crippen molar-refractivity contribution in [3.8, 4) is 5.95 Å². The Balaban J connectivity index is 1.81. The van der Waals surface area contributed by atoms with Crippen molar-refractivity contribution in [2.75, 3.05) is 6.61 Å². The van der Waals surface area contributed by atoms with Crippen LogP contribution in [0.15, 0.2) is 28.7 Å². The van der Waals surface area contributed by atoms with Crippen LogP contribution in [0.25, 0.3) is 0 Å². The van der Waals surface area contributed by atoms with Gasteiger partial charge in [0, 0.05) is 13.0 Å². The summed E-state index contributed by atoms with van der Waals surface area (Å²) in [6.45, 7) is 4.42. The molecule has 0 N–H and O–H groups in total. The van der Waals surface area contributed by atoms with Crippen molar-refractivity contribution in [3.63, 3.8) is 0 Å². The number of furan rings is 1. The summed E-state index contributed by atoms with van der Waals surface area (Å²) in [5, 5.41) is 0. The molecule has 0 spiro atoms. The highest BCUT2D eigenvalue weighted by Crippen LogP contribution is 2.17. The molecular formula is C24H40O3. The molecule has 0 saturated heterocycles. The Kier molecular flexibility index (Phi) is 14.5. The van der Waals surface area contributed by atoms with Gasteiger partial charge in [-0.05, 0) is 38.2 Å². The number of unbranched alkanes of at least 4 members (excludes halogenated alkanes) is 12. The maximum Gasteiger partial charge on any atom is 0.284 e. The van der Waals surface area contributed by atoms with Crippen molar-refractivity contribution in [1.82, 2.24) is 0 Å². The molecule has 1 rings (SSSR count). The Hall–Kier alpha value is -1.51. The van der Waals surface area contributed by atoms with Gasteiger partial charge in [0.25, 0.3) is 5.95 Å². The molecule has 0 aliphatic heterocycles. The van der Waals surface area contributed by atoms with Gasteiger partial charge in [0.15, 0.2) is 11.5 Å². The van der Waals surface area contributed by atoms with Gasteiger partial charge in [-0.15, -0.1) is 0 Å². The summed E-state index contributed by atoms with van der Waals surface area (Å²) < 4.78 is 10.8. The van der Waals surface area contributed by atoms with Gasteiger partial charge in [-0.2, -0.15) is 0 Å². The lowest BCUT2D eigenvalue weighted by molar-refractivity contribution is 0.0978. The number of ketones is 1. The average Bonchev–Trinajstić information content (AvgIpc) is 3.13. The van der Waals surface area contributed by atoms with E-state index in [1.807, 2.05) is 0 Å². The van der Waals surface area contributed by atoms with Crippen LogP contribution in [0, 0.1) is 0 Å². The molecule has 0 aromatic carbocycles. The zero-order valence-corrected chi connectivity index (χ0v) is 17.6. The SMILES string of the molecule is CCCCCCCC/C=C/CCCCCCCCOc1ccc(C(C)=O)o1. The Bertz CT molecular complexity index is 501. The van der Waals surface area contributed by atoms with Gasteiger partial charge in [0.2, 0.25) is 0 Å². The lowest BCUT2D eigenvalue weighted by Gasteiger charge is -2.03. The van der Waals surface area contributed by atoms with Gasteiger partial charge in [0.05, 0.1) is 6.61 Å². The Morgan fingerprint density at radius 3 is 1.96 bits per heavy atom. The van der Waals surface area contributed by atoms with E-state index in [-0.39, 0.29) is 5.78 Å². The smallest absolute Gasteiger partial charge is 0.284 e. The van der Waals surface area contributed by atoms with E-state index in [2.05, 4.69) is 19.1 Å². The van der Waals surface area contributed by atoms with Gasteiger partial charge in [-0.25, -0.2) is 0 Å². The lowest BCUT2D eigenvalue weighted by Crippen LogP contribution is -1.96. The number of ether oxygens (including phenoxy) is 1. The van der Waals surface area contributed by atoms with Crippen molar-refractivity contribution < 1.29 is 13.9 Å². The van der Waals surface area contributed by atoms with Crippen LogP contribution in [-0.4, -0.2) is 12.4 Å². The van der Waals surface area contributed by atoms with Crippen molar-refractivity contribution >= 4 is 5.78 Å². The van der Waals surface area contributed by atoms with E-state index in [1.54, 1.807) is 12.1 Å². The van der Waals surface area contributed by atoms with Gasteiger partial charge in [-0.3, -0.25) is 4.79 Å². The molecule has 0 aliphatic carbocycles. The monoisotopic (exact) mass is 376 g/mol. The molecule has 0 amide bonds. The number of rotatable bonds is 18. The van der Waals surface area contributed by atoms with Crippen molar-refractivity contribution in [1.29, 1.82) is 0 Å². The maximum absolute atomic E-state index is 11.1. The fraction of sp³-hybridized carbons (Fsp3) is 0.708. The summed E-state index contributed by atoms with van der Waals surface area (Å²) in [7, 11) is 0. The van der Waals surface area contributed by atoms with Crippen LogP contribution in [0.1, 0.15) is 114 Å². The summed E-state index contributed by atoms with van der Waals surface area (Å²) >= 11 is 0. The summed E-state index contributed by atoms with van der Waals surface area (Å²) in [6.07, 6.45) is 23.0. The van der Waals surface area contributed by atoms with Gasteiger partial charge in [-0.1, -0.05) is 76.9 Å². The van der Waals surface area contributed by atoms with Crippen molar-refractivity contribution in [2.45, 2.75) is 104 Å². The largest absolute Gasteiger partial charge is 0.465 e. The third kappa shape index (κ3) is 13.3. The fourth-order valence-electron chi connectivity index (χ4n) is 3.11. The molecule has 0 aliphatic rings. The van der Waals surface area contributed by atoms with Crippen molar-refractivity contribution in [3.05, 3.63) is 30.0 Å². The van der Waals surface area contributed by atoms with Gasteiger partial charge in [0.1, 0.15) is 0 Å². The number of hydrogen-bond acceptors (Lipinski definition) is 3. The van der Waals surface area contributed by atoms with Gasteiger partial charge >= 0.3 is 0 Å². The predicted octanol–water partition coefficient (Wildman–Crippen LogP) is 7.90. The Morgan fingerprint density at radius 2 is 1.41 bits per heavy atom. The summed E-state index contributed by atoms with van der Waals surface area (Å²) in [4.78, 5) is 11.1. The molecule has 0 saturated carbocycles. The van der Waals surface area contributed by atoms with Crippen LogP contribution < -0.4 is 4.74 Å². The van der Waals surface area contributed by atoms with E-state index in [0.29, 0.717) is 18.3 Å². The quantitative estimate of drug-likeness (QED) is 0.148. The molecule has 0 radical (unpaired) electrons. The molecule has 3 heteroatoms. The first kappa shape index (κ1) is 23.5. The van der Waals surface area contributed by atoms with Gasteiger partial charge < -0.3 is 9.15 Å². The maximum atomic E-state index is 11.1. The molecule has 0 bridgehead atoms. The second-order valence-corrected chi connectivity index (χ2v) is 7.46. The number of hydrogen-bond donors (Lipinski definition) is 0. The van der Waals surface area contributed by atoms with E-state index >= 15 is 0 Å². The minimum Gasteiger partial charge on any atom is -0.465 e. The molecule has 27 heavy (non-hydrogen) atoms. The van der Waals surface area contributed by atoms with Crippen LogP contribution in [0.4, 0.5) is 0 Å². The minimum atomic E-state index is -0.0675. The standard InChI is InChI=1S/C24H40O3/c1-3-4-5-6-7-8-9-10-11-12-13-14-15-16-17-18-21-26-24-20-19-23(27-24)22(2)25/h10-11,19-20H,3-9,12-18,21H2,1-2H3/b11-10+. The number of allylic oxidation sites excluding steroid dienone is 2. The molecule has 1 heterocycles. The Labute approximate surface area is 166 Å². The zero-order chi connectivity index (χ0) is 19.6. The van der Waals surface area contributed by atoms with E-state index in [4.69, 9.17) is 9.15 Å². The van der Waals surface area contributed by atoms with E-state index < -0.39 is 0 Å². The summed E-state index contributed by atoms with van der Waals surface area (Å²) in [5.41, 5.74) is 0. The zero-order valence-electron chi connectivity index (χ0n) is 17.6. The van der Waals surface area contributed by atoms with E-state index in [9.17, 15) is 4.79 Å². The average molecular weight is 377 g/mol. The highest BCUT2D eigenvalue weighted by Gasteiger charge is 2.06. The van der Waals surface area contributed by atoms with Crippen LogP contribution in [0.2, 0.25) is 0 Å². The highest BCUT2D eigenvalue weighted by atomic mass is 16.6. The Morgan fingerprint density at radius 1 is 0.852 bits per heavy atom. The first-order valence-corrected chi connectivity index (χ1v) is 11.1. The van der Waals surface area contributed by atoms with Crippen LogP contribution in [0.5, 0.6) is 5.95 Å². The molecule has 154 valence electrons. The number of carbonyl (C=O) groups is 1. The highest BCUT2D eigenvalue weighted by molar-refractivity contribution is 5.91. The minimum absolute atomic E-state index is 0.0675. The van der Waals surface area contributed by atoms with E-state index in [1.165, 1.54) is 90.4 Å². The molecule has 1 aromatic heterocycles. The second-order valence-electron chi connectivity index (χ2n) is 7.46. The van der Waals surface area contributed by atoms with Crippen LogP contribution >= 0.6 is 0 Å². The first-order valence-electron chi connectivity index (χ1n) is 11.1. The predicted molar refractivity (Wildman–Crippen MR) is 114 cm³/mol. The molecule has 0 unspecified atom stereocenters. The summed E-state index contributed by atoms with van der Waals surface area (Å²) in [5.74, 6) is 0.751. The molecule has 1 aromatic rings. The summed E-state index contributed by atoms with van der Waals surface area (Å²) in [6, 6.07) is 3.39. The van der Waals surface area contributed by atoms with Crippen molar-refractivity contribution in [2.24, 2.45) is 0 Å². The first-order chi connectivity index (χ1) is 13.2. The molecule has 0 atom stereocenters. The molecule has 0 fully saturated rings. The third-order valence-corrected chi connectivity index (χ3v) is 4.83. The van der Waals surface area contributed by atoms with Crippen LogP contribution in [-0.2, 0) is 0 Å². The fourth-order valence-corrected chi connectivity index (χ4v) is 3.11. The van der Waals surface area contributed by atoms with E-state index in [0.717, 1.165) is 6.42 Å². The number of Topliss-reactive ketones (excluding diaryl/α,β-unsaturated/α-hetero) is 1. The third-order valence-electron chi connectivity index (χ3n) is 4.83. The number of carbonyl (C=O) groups excluding carboxylic acids is 1. The van der Waals surface area contributed by atoms with Crippen LogP contribution in [0.3, 0.4) is 0 Å². The normalized spacial score (nSPS) is 11.3. The molecular weight excluding hydrogens is 336 g/mol. The lowest BCUT2D eigenvalue weighted by atomic mass is 10.1.